The number of aliphatic hydroxyl groups excluding tert-OH is 1. The van der Waals surface area contributed by atoms with Crippen LogP contribution in [-0.2, 0) is 6.61 Å². The predicted molar refractivity (Wildman–Crippen MR) is 57.1 cm³/mol. The predicted octanol–water partition coefficient (Wildman–Crippen LogP) is 2.86. The minimum Gasteiger partial charge on any atom is -0.506 e. The van der Waals surface area contributed by atoms with Gasteiger partial charge in [-0.1, -0.05) is 0 Å². The summed E-state index contributed by atoms with van der Waals surface area (Å²) in [6.07, 6.45) is 0. The first-order chi connectivity index (χ1) is 6.24. The summed E-state index contributed by atoms with van der Waals surface area (Å²) in [4.78, 5) is 0. The van der Waals surface area contributed by atoms with Crippen LogP contribution in [-0.4, -0.2) is 10.2 Å². The molecule has 68 valence electrons. The summed E-state index contributed by atoms with van der Waals surface area (Å²) in [5, 5.41) is 21.7. The van der Waals surface area contributed by atoms with Crippen LogP contribution in [0.2, 0.25) is 0 Å². The standard InChI is InChI=1S/C9H7BrO2S/c10-7-3-5-1-2-13-9(5)6(4-11)8(7)12/h1-3,11-12H,4H2. The molecule has 0 unspecified atom stereocenters. The van der Waals surface area contributed by atoms with Crippen LogP contribution in [0, 0.1) is 0 Å². The molecular formula is C9H7BrO2S. The van der Waals surface area contributed by atoms with Crippen LogP contribution in [0.25, 0.3) is 10.1 Å². The number of thiophene rings is 1. The summed E-state index contributed by atoms with van der Waals surface area (Å²) >= 11 is 4.76. The number of benzene rings is 1. The second-order valence-electron chi connectivity index (χ2n) is 2.68. The van der Waals surface area contributed by atoms with Crippen molar-refractivity contribution in [3.63, 3.8) is 0 Å². The molecule has 0 bridgehead atoms. The largest absolute Gasteiger partial charge is 0.506 e. The molecule has 0 amide bonds. The fraction of sp³-hybridized carbons (Fsp3) is 0.111. The molecule has 0 aliphatic heterocycles. The van der Waals surface area contributed by atoms with Crippen molar-refractivity contribution in [2.24, 2.45) is 0 Å². The molecule has 0 fully saturated rings. The monoisotopic (exact) mass is 258 g/mol. The average molecular weight is 259 g/mol. The first kappa shape index (κ1) is 8.99. The van der Waals surface area contributed by atoms with Crippen molar-refractivity contribution in [1.29, 1.82) is 0 Å². The molecule has 13 heavy (non-hydrogen) atoms. The lowest BCUT2D eigenvalue weighted by atomic mass is 10.1. The number of phenols is 1. The molecular weight excluding hydrogens is 252 g/mol. The number of hydrogen-bond donors (Lipinski definition) is 2. The van der Waals surface area contributed by atoms with Crippen LogP contribution in [0.1, 0.15) is 5.56 Å². The van der Waals surface area contributed by atoms with Gasteiger partial charge in [0, 0.05) is 10.3 Å². The maximum absolute atomic E-state index is 9.61. The van der Waals surface area contributed by atoms with E-state index in [9.17, 15) is 5.11 Å². The van der Waals surface area contributed by atoms with E-state index < -0.39 is 0 Å². The quantitative estimate of drug-likeness (QED) is 0.826. The van der Waals surface area contributed by atoms with Gasteiger partial charge in [0.2, 0.25) is 0 Å². The minimum absolute atomic E-state index is 0.137. The third kappa shape index (κ3) is 1.35. The molecule has 0 aliphatic carbocycles. The molecule has 2 N–H and O–H groups in total. The van der Waals surface area contributed by atoms with Gasteiger partial charge in [-0.05, 0) is 38.8 Å². The van der Waals surface area contributed by atoms with Crippen LogP contribution in [0.3, 0.4) is 0 Å². The van der Waals surface area contributed by atoms with Gasteiger partial charge in [-0.2, -0.15) is 0 Å². The number of rotatable bonds is 1. The molecule has 1 heterocycles. The molecule has 4 heteroatoms. The van der Waals surface area contributed by atoms with Crippen molar-refractivity contribution in [3.8, 4) is 5.75 Å². The van der Waals surface area contributed by atoms with Crippen LogP contribution in [0.5, 0.6) is 5.75 Å². The Morgan fingerprint density at radius 1 is 1.46 bits per heavy atom. The van der Waals surface area contributed by atoms with Gasteiger partial charge in [0.25, 0.3) is 0 Å². The lowest BCUT2D eigenvalue weighted by molar-refractivity contribution is 0.277. The van der Waals surface area contributed by atoms with Gasteiger partial charge >= 0.3 is 0 Å². The number of aliphatic hydroxyl groups is 1. The number of fused-ring (bicyclic) bond motifs is 1. The second-order valence-corrected chi connectivity index (χ2v) is 4.45. The maximum Gasteiger partial charge on any atom is 0.136 e. The zero-order valence-electron chi connectivity index (χ0n) is 6.62. The minimum atomic E-state index is -0.137. The Kier molecular flexibility index (Phi) is 2.27. The second kappa shape index (κ2) is 3.29. The van der Waals surface area contributed by atoms with Crippen LogP contribution in [0.15, 0.2) is 22.0 Å². The van der Waals surface area contributed by atoms with Crippen molar-refractivity contribution >= 4 is 37.4 Å². The van der Waals surface area contributed by atoms with Gasteiger partial charge in [-0.25, -0.2) is 0 Å². The van der Waals surface area contributed by atoms with Crippen molar-refractivity contribution in [1.82, 2.24) is 0 Å². The zero-order valence-corrected chi connectivity index (χ0v) is 9.02. The molecule has 1 aromatic carbocycles. The average Bonchev–Trinajstić information content (AvgIpc) is 2.54. The summed E-state index contributed by atoms with van der Waals surface area (Å²) in [5.41, 5.74) is 0.597. The third-order valence-corrected chi connectivity index (χ3v) is 3.52. The van der Waals surface area contributed by atoms with Gasteiger partial charge < -0.3 is 10.2 Å². The fourth-order valence-corrected chi connectivity index (χ4v) is 2.68. The number of hydrogen-bond acceptors (Lipinski definition) is 3. The zero-order chi connectivity index (χ0) is 9.42. The third-order valence-electron chi connectivity index (χ3n) is 1.92. The SMILES string of the molecule is OCc1c(O)c(Br)cc2ccsc12. The van der Waals surface area contributed by atoms with Crippen molar-refractivity contribution in [2.75, 3.05) is 0 Å². The van der Waals surface area contributed by atoms with Gasteiger partial charge in [0.15, 0.2) is 0 Å². The summed E-state index contributed by atoms with van der Waals surface area (Å²) < 4.78 is 1.57. The molecule has 0 saturated heterocycles. The first-order valence-electron chi connectivity index (χ1n) is 3.72. The molecule has 0 atom stereocenters. The van der Waals surface area contributed by atoms with Crippen LogP contribution in [0.4, 0.5) is 0 Å². The van der Waals surface area contributed by atoms with E-state index in [-0.39, 0.29) is 12.4 Å². The van der Waals surface area contributed by atoms with E-state index in [0.717, 1.165) is 10.1 Å². The molecule has 2 aromatic rings. The van der Waals surface area contributed by atoms with E-state index in [1.807, 2.05) is 17.5 Å². The molecule has 2 rings (SSSR count). The molecule has 1 aromatic heterocycles. The van der Waals surface area contributed by atoms with Crippen LogP contribution >= 0.6 is 27.3 Å². The highest BCUT2D eigenvalue weighted by molar-refractivity contribution is 9.10. The summed E-state index contributed by atoms with van der Waals surface area (Å²) in [7, 11) is 0. The molecule has 0 spiro atoms. The highest BCUT2D eigenvalue weighted by Crippen LogP contribution is 2.37. The maximum atomic E-state index is 9.61. The van der Waals surface area contributed by atoms with Gasteiger partial charge in [-0.15, -0.1) is 11.3 Å². The van der Waals surface area contributed by atoms with Crippen molar-refractivity contribution in [3.05, 3.63) is 27.5 Å². The summed E-state index contributed by atoms with van der Waals surface area (Å²) in [5.74, 6) is 0.137. The highest BCUT2D eigenvalue weighted by Gasteiger charge is 2.10. The lowest BCUT2D eigenvalue weighted by Crippen LogP contribution is -1.85. The van der Waals surface area contributed by atoms with E-state index in [4.69, 9.17) is 5.11 Å². The lowest BCUT2D eigenvalue weighted by Gasteiger charge is -2.04. The Labute approximate surface area is 87.6 Å². The Morgan fingerprint density at radius 3 is 2.92 bits per heavy atom. The van der Waals surface area contributed by atoms with Crippen molar-refractivity contribution in [2.45, 2.75) is 6.61 Å². The molecule has 0 aliphatic rings. The van der Waals surface area contributed by atoms with Crippen LogP contribution < -0.4 is 0 Å². The Morgan fingerprint density at radius 2 is 2.23 bits per heavy atom. The van der Waals surface area contributed by atoms with Crippen molar-refractivity contribution < 1.29 is 10.2 Å². The van der Waals surface area contributed by atoms with E-state index in [2.05, 4.69) is 15.9 Å². The van der Waals surface area contributed by atoms with E-state index >= 15 is 0 Å². The van der Waals surface area contributed by atoms with E-state index in [1.165, 1.54) is 11.3 Å². The summed E-state index contributed by atoms with van der Waals surface area (Å²) in [6, 6.07) is 3.81. The Balaban J connectivity index is 2.87. The van der Waals surface area contributed by atoms with Gasteiger partial charge in [-0.3, -0.25) is 0 Å². The molecule has 0 saturated carbocycles. The fourth-order valence-electron chi connectivity index (χ4n) is 1.28. The summed E-state index contributed by atoms with van der Waals surface area (Å²) in [6.45, 7) is -0.137. The molecule has 0 radical (unpaired) electrons. The Hall–Kier alpha value is -0.580. The van der Waals surface area contributed by atoms with E-state index in [1.54, 1.807) is 0 Å². The van der Waals surface area contributed by atoms with Gasteiger partial charge in [0.1, 0.15) is 5.75 Å². The topological polar surface area (TPSA) is 40.5 Å². The number of halogens is 1. The number of aromatic hydroxyl groups is 1. The van der Waals surface area contributed by atoms with Gasteiger partial charge in [0.05, 0.1) is 11.1 Å². The highest BCUT2D eigenvalue weighted by atomic mass is 79.9. The first-order valence-corrected chi connectivity index (χ1v) is 5.39. The normalized spacial score (nSPS) is 10.9. The smallest absolute Gasteiger partial charge is 0.136 e. The molecule has 2 nitrogen and oxygen atoms in total. The van der Waals surface area contributed by atoms with E-state index in [0.29, 0.717) is 10.0 Å². The Bertz CT molecular complexity index is 450.